The molecule has 0 aromatic heterocycles. The summed E-state index contributed by atoms with van der Waals surface area (Å²) in [6.07, 6.45) is 11.1. The van der Waals surface area contributed by atoms with Gasteiger partial charge in [-0.05, 0) is 93.8 Å². The van der Waals surface area contributed by atoms with Crippen LogP contribution in [0.2, 0.25) is 0 Å². The SMILES string of the molecule is COC(=O)[C@]1(C)CCC[C@@]2(C)[C@@H]3CC[C@@H]4C[C@@]3(CC[C@@H]21)C[C@@]4(C)OC. The van der Waals surface area contributed by atoms with E-state index in [9.17, 15) is 4.79 Å². The predicted molar refractivity (Wildman–Crippen MR) is 98.1 cm³/mol. The van der Waals surface area contributed by atoms with Crippen molar-refractivity contribution in [2.24, 2.45) is 34.0 Å². The van der Waals surface area contributed by atoms with E-state index >= 15 is 0 Å². The Kier molecular flexibility index (Phi) is 3.90. The van der Waals surface area contributed by atoms with E-state index in [2.05, 4.69) is 20.8 Å². The van der Waals surface area contributed by atoms with Gasteiger partial charge in [-0.25, -0.2) is 0 Å². The Hall–Kier alpha value is -0.570. The molecule has 3 heteroatoms. The van der Waals surface area contributed by atoms with Crippen molar-refractivity contribution in [2.75, 3.05) is 14.2 Å². The lowest BCUT2D eigenvalue weighted by Gasteiger charge is -2.63. The Morgan fingerprint density at radius 1 is 0.960 bits per heavy atom. The van der Waals surface area contributed by atoms with Crippen molar-refractivity contribution in [3.8, 4) is 0 Å². The van der Waals surface area contributed by atoms with Crippen molar-refractivity contribution in [1.82, 2.24) is 0 Å². The monoisotopic (exact) mass is 348 g/mol. The number of rotatable bonds is 2. The van der Waals surface area contributed by atoms with E-state index in [1.54, 1.807) is 7.11 Å². The molecule has 4 fully saturated rings. The van der Waals surface area contributed by atoms with Crippen LogP contribution in [0.15, 0.2) is 0 Å². The van der Waals surface area contributed by atoms with Gasteiger partial charge >= 0.3 is 5.97 Å². The summed E-state index contributed by atoms with van der Waals surface area (Å²) in [6, 6.07) is 0. The van der Waals surface area contributed by atoms with Gasteiger partial charge in [-0.1, -0.05) is 13.3 Å². The topological polar surface area (TPSA) is 35.5 Å². The van der Waals surface area contributed by atoms with Crippen LogP contribution in [0, 0.1) is 34.0 Å². The van der Waals surface area contributed by atoms with E-state index in [0.29, 0.717) is 11.3 Å². The first kappa shape index (κ1) is 17.8. The molecule has 0 aliphatic heterocycles. The minimum absolute atomic E-state index is 0.0289. The maximum Gasteiger partial charge on any atom is 0.311 e. The third-order valence-corrected chi connectivity index (χ3v) is 9.58. The number of esters is 1. The van der Waals surface area contributed by atoms with Crippen LogP contribution in [-0.4, -0.2) is 25.8 Å². The maximum atomic E-state index is 12.7. The number of carbonyl (C=O) groups is 1. The van der Waals surface area contributed by atoms with Crippen molar-refractivity contribution >= 4 is 5.97 Å². The minimum atomic E-state index is -0.288. The number of ether oxygens (including phenoxy) is 2. The molecule has 2 bridgehead atoms. The summed E-state index contributed by atoms with van der Waals surface area (Å²) < 4.78 is 11.3. The highest BCUT2D eigenvalue weighted by Crippen LogP contribution is 2.73. The number of fused-ring (bicyclic) bond motifs is 3. The summed E-state index contributed by atoms with van der Waals surface area (Å²) in [4.78, 5) is 12.7. The van der Waals surface area contributed by atoms with Gasteiger partial charge in [0.05, 0.1) is 18.1 Å². The molecular formula is C22H36O3. The molecule has 4 aliphatic rings. The van der Waals surface area contributed by atoms with Crippen molar-refractivity contribution < 1.29 is 14.3 Å². The normalized spacial score (nSPS) is 54.5. The first-order chi connectivity index (χ1) is 11.7. The zero-order valence-electron chi connectivity index (χ0n) is 16.8. The Balaban J connectivity index is 1.71. The Bertz CT molecular complexity index is 574. The summed E-state index contributed by atoms with van der Waals surface area (Å²) in [6.45, 7) is 7.06. The van der Waals surface area contributed by atoms with Gasteiger partial charge in [-0.3, -0.25) is 4.79 Å². The summed E-state index contributed by atoms with van der Waals surface area (Å²) in [5, 5.41) is 0. The number of methoxy groups -OCH3 is 2. The standard InChI is InChI=1S/C22H36O3/c1-19-10-6-11-20(2,18(23)24-4)16(19)9-12-22-13-15(7-8-17(19)22)21(3,14-22)25-5/h15-17H,6-14H2,1-5H3/t15-,16+,17+,19-,20-,21-,22+/m1/s1. The Morgan fingerprint density at radius 2 is 1.72 bits per heavy atom. The third-order valence-electron chi connectivity index (χ3n) is 9.58. The van der Waals surface area contributed by atoms with Crippen molar-refractivity contribution in [1.29, 1.82) is 0 Å². The quantitative estimate of drug-likeness (QED) is 0.660. The number of carbonyl (C=O) groups excluding carboxylic acids is 1. The second-order valence-corrected chi connectivity index (χ2v) is 10.4. The fourth-order valence-corrected chi connectivity index (χ4v) is 8.49. The lowest BCUT2D eigenvalue weighted by Crippen LogP contribution is -2.58. The molecule has 0 amide bonds. The van der Waals surface area contributed by atoms with Gasteiger partial charge in [0.2, 0.25) is 0 Å². The molecule has 1 spiro atoms. The molecule has 4 saturated carbocycles. The van der Waals surface area contributed by atoms with Gasteiger partial charge in [0.15, 0.2) is 0 Å². The second-order valence-electron chi connectivity index (χ2n) is 10.4. The zero-order valence-corrected chi connectivity index (χ0v) is 16.8. The molecule has 3 nitrogen and oxygen atoms in total. The summed E-state index contributed by atoms with van der Waals surface area (Å²) in [5.41, 5.74) is 0.512. The van der Waals surface area contributed by atoms with Crippen LogP contribution in [0.3, 0.4) is 0 Å². The molecule has 0 aromatic rings. The molecule has 4 aliphatic carbocycles. The first-order valence-corrected chi connectivity index (χ1v) is 10.4. The van der Waals surface area contributed by atoms with E-state index in [-0.39, 0.29) is 22.4 Å². The smallest absolute Gasteiger partial charge is 0.311 e. The van der Waals surface area contributed by atoms with E-state index in [0.717, 1.165) is 24.7 Å². The van der Waals surface area contributed by atoms with Gasteiger partial charge < -0.3 is 9.47 Å². The molecule has 0 N–H and O–H groups in total. The molecular weight excluding hydrogens is 312 g/mol. The molecule has 0 saturated heterocycles. The van der Waals surface area contributed by atoms with Crippen LogP contribution in [0.5, 0.6) is 0 Å². The van der Waals surface area contributed by atoms with Crippen molar-refractivity contribution in [3.63, 3.8) is 0 Å². The van der Waals surface area contributed by atoms with Crippen LogP contribution < -0.4 is 0 Å². The van der Waals surface area contributed by atoms with E-state index in [1.165, 1.54) is 44.9 Å². The number of hydrogen-bond donors (Lipinski definition) is 0. The average Bonchev–Trinajstić information content (AvgIpc) is 2.80. The Morgan fingerprint density at radius 3 is 2.40 bits per heavy atom. The highest BCUT2D eigenvalue weighted by molar-refractivity contribution is 5.77. The molecule has 142 valence electrons. The molecule has 0 unspecified atom stereocenters. The van der Waals surface area contributed by atoms with E-state index in [4.69, 9.17) is 9.47 Å². The molecule has 7 atom stereocenters. The zero-order chi connectivity index (χ0) is 18.1. The first-order valence-electron chi connectivity index (χ1n) is 10.4. The summed E-state index contributed by atoms with van der Waals surface area (Å²) >= 11 is 0. The van der Waals surface area contributed by atoms with Gasteiger partial charge in [0.1, 0.15) is 0 Å². The van der Waals surface area contributed by atoms with Crippen LogP contribution >= 0.6 is 0 Å². The molecule has 0 aromatic carbocycles. The van der Waals surface area contributed by atoms with E-state index in [1.807, 2.05) is 7.11 Å². The lowest BCUT2D eigenvalue weighted by atomic mass is 9.41. The highest BCUT2D eigenvalue weighted by Gasteiger charge is 2.68. The van der Waals surface area contributed by atoms with Crippen molar-refractivity contribution in [3.05, 3.63) is 0 Å². The van der Waals surface area contributed by atoms with Gasteiger partial charge in [-0.2, -0.15) is 0 Å². The second kappa shape index (κ2) is 5.47. The van der Waals surface area contributed by atoms with Crippen LogP contribution in [0.25, 0.3) is 0 Å². The van der Waals surface area contributed by atoms with Crippen molar-refractivity contribution in [2.45, 2.75) is 84.2 Å². The molecule has 0 radical (unpaired) electrons. The number of hydrogen-bond acceptors (Lipinski definition) is 3. The largest absolute Gasteiger partial charge is 0.469 e. The summed E-state index contributed by atoms with van der Waals surface area (Å²) in [5.74, 6) is 1.98. The molecule has 4 rings (SSSR count). The van der Waals surface area contributed by atoms with Gasteiger partial charge in [0, 0.05) is 7.11 Å². The van der Waals surface area contributed by atoms with Crippen LogP contribution in [-0.2, 0) is 14.3 Å². The maximum absolute atomic E-state index is 12.7. The summed E-state index contributed by atoms with van der Waals surface area (Å²) in [7, 11) is 3.48. The van der Waals surface area contributed by atoms with E-state index < -0.39 is 0 Å². The fraction of sp³-hybridized carbons (Fsp3) is 0.955. The molecule has 0 heterocycles. The third kappa shape index (κ3) is 2.17. The predicted octanol–water partition coefficient (Wildman–Crippen LogP) is 4.98. The van der Waals surface area contributed by atoms with Gasteiger partial charge in [-0.15, -0.1) is 0 Å². The Labute approximate surface area is 153 Å². The average molecular weight is 349 g/mol. The minimum Gasteiger partial charge on any atom is -0.469 e. The molecule has 25 heavy (non-hydrogen) atoms. The lowest BCUT2D eigenvalue weighted by molar-refractivity contribution is -0.184. The van der Waals surface area contributed by atoms with Crippen LogP contribution in [0.1, 0.15) is 78.6 Å². The van der Waals surface area contributed by atoms with Crippen LogP contribution in [0.4, 0.5) is 0 Å². The fourth-order valence-electron chi connectivity index (χ4n) is 8.49. The highest BCUT2D eigenvalue weighted by atomic mass is 16.5. The van der Waals surface area contributed by atoms with Gasteiger partial charge in [0.25, 0.3) is 0 Å².